The molecule has 4 aliphatic rings. The molecule has 0 saturated carbocycles. The molecule has 0 radical (unpaired) electrons. The Labute approximate surface area is 241 Å². The molecule has 2 aliphatic heterocycles. The number of carbonyl (C=O) groups excluding carboxylic acids is 2. The van der Waals surface area contributed by atoms with Crippen LogP contribution in [0.1, 0.15) is 78.7 Å². The molecule has 7 nitrogen and oxygen atoms in total. The highest BCUT2D eigenvalue weighted by atomic mass is 16.6. The van der Waals surface area contributed by atoms with E-state index >= 15 is 0 Å². The maximum absolute atomic E-state index is 14.2. The first-order valence-electron chi connectivity index (χ1n) is 14.4. The molecular weight excluding hydrogens is 514 g/mol. The first-order valence-corrected chi connectivity index (χ1v) is 14.4. The lowest BCUT2D eigenvalue weighted by Gasteiger charge is -2.44. The van der Waals surface area contributed by atoms with Gasteiger partial charge >= 0.3 is 6.09 Å². The van der Waals surface area contributed by atoms with Crippen LogP contribution >= 0.6 is 0 Å². The summed E-state index contributed by atoms with van der Waals surface area (Å²) in [5.41, 5.74) is 7.34. The topological polar surface area (TPSA) is 82.9 Å². The number of hydrogen-bond donors (Lipinski definition) is 0. The summed E-state index contributed by atoms with van der Waals surface area (Å²) in [4.78, 5) is 31.0. The number of benzene rings is 2. The Kier molecular flexibility index (Phi) is 6.67. The minimum absolute atomic E-state index is 0.0380. The van der Waals surface area contributed by atoms with Crippen molar-refractivity contribution < 1.29 is 19.1 Å². The van der Waals surface area contributed by atoms with Gasteiger partial charge in [0.15, 0.2) is 5.78 Å². The van der Waals surface area contributed by atoms with Gasteiger partial charge in [-0.25, -0.2) is 4.79 Å². The molecule has 7 heteroatoms. The SMILES string of the molecule is CC#Cc1cc2c(cc1N1CCN(C(=O)OC(C)(C)C)CC1)C1(CCOCC1)C1=C(C2=O)c2ccc(C#N)cc2C1. The van der Waals surface area contributed by atoms with Crippen LogP contribution in [0.3, 0.4) is 0 Å². The van der Waals surface area contributed by atoms with Gasteiger partial charge < -0.3 is 19.3 Å². The Morgan fingerprint density at radius 2 is 1.78 bits per heavy atom. The van der Waals surface area contributed by atoms with E-state index in [2.05, 4.69) is 28.9 Å². The molecule has 41 heavy (non-hydrogen) atoms. The van der Waals surface area contributed by atoms with E-state index in [4.69, 9.17) is 9.47 Å². The Balaban J connectivity index is 1.41. The average Bonchev–Trinajstić information content (AvgIpc) is 3.35. The summed E-state index contributed by atoms with van der Waals surface area (Å²) in [6.45, 7) is 11.1. The van der Waals surface area contributed by atoms with Crippen LogP contribution in [0.5, 0.6) is 0 Å². The summed E-state index contributed by atoms with van der Waals surface area (Å²) in [6.07, 6.45) is 1.99. The molecular formula is C34H35N3O4. The highest BCUT2D eigenvalue weighted by molar-refractivity contribution is 6.33. The number of Topliss-reactive ketones (excluding diaryl/α,β-unsaturated/α-hetero) is 1. The van der Waals surface area contributed by atoms with E-state index in [-0.39, 0.29) is 17.3 Å². The monoisotopic (exact) mass is 549 g/mol. The average molecular weight is 550 g/mol. The highest BCUT2D eigenvalue weighted by Crippen LogP contribution is 2.55. The first-order chi connectivity index (χ1) is 19.6. The largest absolute Gasteiger partial charge is 0.444 e. The van der Waals surface area contributed by atoms with Gasteiger partial charge in [-0.3, -0.25) is 4.79 Å². The molecule has 2 aromatic rings. The van der Waals surface area contributed by atoms with Crippen molar-refractivity contribution in [1.29, 1.82) is 5.26 Å². The number of piperazine rings is 1. The van der Waals surface area contributed by atoms with Gasteiger partial charge in [-0.2, -0.15) is 5.26 Å². The number of hydrogen-bond acceptors (Lipinski definition) is 6. The Morgan fingerprint density at radius 3 is 2.44 bits per heavy atom. The van der Waals surface area contributed by atoms with Crippen molar-refractivity contribution in [2.45, 2.75) is 58.0 Å². The van der Waals surface area contributed by atoms with E-state index in [1.165, 1.54) is 5.57 Å². The van der Waals surface area contributed by atoms with Crippen molar-refractivity contribution in [2.24, 2.45) is 0 Å². The molecule has 0 atom stereocenters. The van der Waals surface area contributed by atoms with Gasteiger partial charge in [0.2, 0.25) is 0 Å². The molecule has 1 amide bonds. The zero-order valence-corrected chi connectivity index (χ0v) is 24.2. The molecule has 2 fully saturated rings. The van der Waals surface area contributed by atoms with Crippen LogP contribution in [-0.2, 0) is 21.3 Å². The van der Waals surface area contributed by atoms with Crippen molar-refractivity contribution >= 4 is 23.1 Å². The predicted octanol–water partition coefficient (Wildman–Crippen LogP) is 5.24. The second kappa shape index (κ2) is 10.1. The quantitative estimate of drug-likeness (QED) is 0.453. The number of ether oxygens (including phenoxy) is 2. The van der Waals surface area contributed by atoms with E-state index in [0.717, 1.165) is 51.9 Å². The maximum Gasteiger partial charge on any atom is 0.410 e. The summed E-state index contributed by atoms with van der Waals surface area (Å²) in [7, 11) is 0. The first kappa shape index (κ1) is 27.1. The number of amides is 1. The molecule has 210 valence electrons. The van der Waals surface area contributed by atoms with Crippen LogP contribution in [0.4, 0.5) is 10.5 Å². The Bertz CT molecular complexity index is 1580. The number of carbonyl (C=O) groups is 2. The molecule has 0 unspecified atom stereocenters. The second-order valence-corrected chi connectivity index (χ2v) is 12.3. The third kappa shape index (κ3) is 4.59. The lowest BCUT2D eigenvalue weighted by molar-refractivity contribution is 0.0240. The highest BCUT2D eigenvalue weighted by Gasteiger charge is 2.49. The Morgan fingerprint density at radius 1 is 1.05 bits per heavy atom. The number of anilines is 1. The van der Waals surface area contributed by atoms with Crippen LogP contribution in [0.2, 0.25) is 0 Å². The van der Waals surface area contributed by atoms with Gasteiger partial charge in [0.05, 0.1) is 17.3 Å². The van der Waals surface area contributed by atoms with E-state index in [1.54, 1.807) is 4.90 Å². The van der Waals surface area contributed by atoms with Crippen molar-refractivity contribution in [3.63, 3.8) is 0 Å². The number of allylic oxidation sites excluding steroid dienone is 2. The second-order valence-electron chi connectivity index (χ2n) is 12.3. The van der Waals surface area contributed by atoms with Crippen molar-refractivity contribution in [3.8, 4) is 17.9 Å². The lowest BCUT2D eigenvalue weighted by Crippen LogP contribution is -2.50. The summed E-state index contributed by atoms with van der Waals surface area (Å²) < 4.78 is 11.4. The van der Waals surface area contributed by atoms with Gasteiger partial charge in [-0.15, -0.1) is 5.92 Å². The van der Waals surface area contributed by atoms with Gasteiger partial charge in [-0.05, 0) is 93.5 Å². The molecule has 0 N–H and O–H groups in total. The molecule has 2 aliphatic carbocycles. The molecule has 6 rings (SSSR count). The van der Waals surface area contributed by atoms with Crippen LogP contribution in [-0.4, -0.2) is 61.8 Å². The smallest absolute Gasteiger partial charge is 0.410 e. The number of fused-ring (bicyclic) bond motifs is 5. The van der Waals surface area contributed by atoms with E-state index < -0.39 is 5.60 Å². The van der Waals surface area contributed by atoms with E-state index in [1.807, 2.05) is 52.0 Å². The lowest BCUT2D eigenvalue weighted by atomic mass is 9.62. The fourth-order valence-electron chi connectivity index (χ4n) is 6.88. The predicted molar refractivity (Wildman–Crippen MR) is 157 cm³/mol. The maximum atomic E-state index is 14.2. The zero-order chi connectivity index (χ0) is 28.9. The third-order valence-corrected chi connectivity index (χ3v) is 8.75. The zero-order valence-electron chi connectivity index (χ0n) is 24.2. The van der Waals surface area contributed by atoms with Gasteiger partial charge in [0.25, 0.3) is 0 Å². The number of nitriles is 1. The molecule has 2 heterocycles. The van der Waals surface area contributed by atoms with Crippen LogP contribution in [0, 0.1) is 23.2 Å². The van der Waals surface area contributed by atoms with E-state index in [9.17, 15) is 14.9 Å². The van der Waals surface area contributed by atoms with Gasteiger partial charge in [-0.1, -0.05) is 12.0 Å². The standard InChI is InChI=1S/C34H35N3O4/c1-5-6-23-18-26-27(20-29(23)36-11-13-37(14-12-36)32(39)41-33(2,3)4)34(9-15-40-16-10-34)28-19-24-17-22(21-35)7-8-25(24)30(28)31(26)38/h7-8,17-18,20H,9-16,19H2,1-4H3. The molecule has 0 bridgehead atoms. The summed E-state index contributed by atoms with van der Waals surface area (Å²) in [5.74, 6) is 6.35. The van der Waals surface area contributed by atoms with Gasteiger partial charge in [0, 0.05) is 61.5 Å². The molecule has 1 spiro atoms. The summed E-state index contributed by atoms with van der Waals surface area (Å²) >= 11 is 0. The van der Waals surface area contributed by atoms with Crippen LogP contribution in [0.15, 0.2) is 35.9 Å². The fourth-order valence-corrected chi connectivity index (χ4v) is 6.88. The van der Waals surface area contributed by atoms with Crippen molar-refractivity contribution in [2.75, 3.05) is 44.3 Å². The van der Waals surface area contributed by atoms with E-state index in [0.29, 0.717) is 51.4 Å². The van der Waals surface area contributed by atoms with Crippen LogP contribution < -0.4 is 4.90 Å². The number of rotatable bonds is 1. The Hall–Kier alpha value is -4.07. The minimum atomic E-state index is -0.537. The van der Waals surface area contributed by atoms with Crippen LogP contribution in [0.25, 0.3) is 5.57 Å². The number of nitrogens with zero attached hydrogens (tertiary/aromatic N) is 3. The van der Waals surface area contributed by atoms with Gasteiger partial charge in [0.1, 0.15) is 5.60 Å². The molecule has 0 aromatic heterocycles. The summed E-state index contributed by atoms with van der Waals surface area (Å²) in [6, 6.07) is 12.1. The molecule has 2 saturated heterocycles. The molecule has 2 aromatic carbocycles. The number of ketones is 1. The third-order valence-electron chi connectivity index (χ3n) is 8.75. The minimum Gasteiger partial charge on any atom is -0.444 e. The fraction of sp³-hybridized carbons (Fsp3) is 0.441. The normalized spacial score (nSPS) is 19.1. The summed E-state index contributed by atoms with van der Waals surface area (Å²) in [5, 5.41) is 9.50. The van der Waals surface area contributed by atoms with Crippen molar-refractivity contribution in [1.82, 2.24) is 4.90 Å². The van der Waals surface area contributed by atoms with Crippen molar-refractivity contribution in [3.05, 3.63) is 69.3 Å².